The molecule has 0 aromatic carbocycles. The van der Waals surface area contributed by atoms with E-state index in [-0.39, 0.29) is 0 Å². The predicted octanol–water partition coefficient (Wildman–Crippen LogP) is 4.04. The molecule has 3 N–H and O–H groups in total. The van der Waals surface area contributed by atoms with Crippen molar-refractivity contribution < 1.29 is 0 Å². The summed E-state index contributed by atoms with van der Waals surface area (Å²) in [7, 11) is 0. The lowest BCUT2D eigenvalue weighted by Gasteiger charge is -2.11. The van der Waals surface area contributed by atoms with Crippen molar-refractivity contribution in [2.24, 2.45) is 5.92 Å². The van der Waals surface area contributed by atoms with Crippen LogP contribution in [0.2, 0.25) is 0 Å². The Morgan fingerprint density at radius 3 is 2.56 bits per heavy atom. The first kappa shape index (κ1) is 17.5. The molecular weight excluding hydrogens is 338 g/mol. The summed E-state index contributed by atoms with van der Waals surface area (Å²) in [4.78, 5) is 21.7. The molecule has 7 heteroatoms. The molecule has 0 aliphatic carbocycles. The lowest BCUT2D eigenvalue weighted by atomic mass is 10.0. The second kappa shape index (κ2) is 6.33. The largest absolute Gasteiger partial charge is 0.368 e. The van der Waals surface area contributed by atoms with Gasteiger partial charge in [-0.1, -0.05) is 13.8 Å². The molecule has 0 fully saturated rings. The highest BCUT2D eigenvalue weighted by molar-refractivity contribution is 5.95. The number of aromatic amines is 1. The number of hydrogen-bond acceptors (Lipinski definition) is 5. The number of rotatable bonds is 4. The summed E-state index contributed by atoms with van der Waals surface area (Å²) in [5, 5.41) is 0.997. The smallest absolute Gasteiger partial charge is 0.222 e. The van der Waals surface area contributed by atoms with Crippen LogP contribution in [-0.4, -0.2) is 29.5 Å². The van der Waals surface area contributed by atoms with Crippen LogP contribution in [0.5, 0.6) is 0 Å². The number of fused-ring (bicyclic) bond motifs is 2. The number of anilines is 1. The normalized spacial score (nSPS) is 12.1. The quantitative estimate of drug-likeness (QED) is 0.570. The second-order valence-electron chi connectivity index (χ2n) is 7.71. The van der Waals surface area contributed by atoms with Crippen LogP contribution in [0.3, 0.4) is 0 Å². The fraction of sp³-hybridized carbons (Fsp3) is 0.400. The molecule has 4 rings (SSSR count). The number of pyridine rings is 1. The van der Waals surface area contributed by atoms with Gasteiger partial charge in [-0.3, -0.25) is 0 Å². The van der Waals surface area contributed by atoms with Gasteiger partial charge in [0.2, 0.25) is 5.95 Å². The van der Waals surface area contributed by atoms with Gasteiger partial charge in [-0.15, -0.1) is 0 Å². The van der Waals surface area contributed by atoms with Crippen molar-refractivity contribution in [3.05, 3.63) is 29.8 Å². The van der Waals surface area contributed by atoms with E-state index in [1.165, 1.54) is 0 Å². The van der Waals surface area contributed by atoms with E-state index < -0.39 is 0 Å². The molecule has 0 aliphatic rings. The number of H-pyrrole nitrogens is 1. The highest BCUT2D eigenvalue weighted by atomic mass is 15.1. The SMILES string of the molecule is Cc1nc2ccc(-c3c[nH]c4nc(N)nc(CC(C)C)c34)nc2n1C(C)C. The maximum Gasteiger partial charge on any atom is 0.222 e. The zero-order valence-electron chi connectivity index (χ0n) is 16.4. The molecule has 0 bridgehead atoms. The van der Waals surface area contributed by atoms with Crippen molar-refractivity contribution >= 4 is 28.1 Å². The van der Waals surface area contributed by atoms with Gasteiger partial charge in [0, 0.05) is 23.2 Å². The molecule has 0 saturated heterocycles. The molecule has 140 valence electrons. The molecule has 0 atom stereocenters. The van der Waals surface area contributed by atoms with Gasteiger partial charge in [0.15, 0.2) is 5.65 Å². The first-order valence-corrected chi connectivity index (χ1v) is 9.34. The zero-order chi connectivity index (χ0) is 19.3. The Morgan fingerprint density at radius 2 is 1.85 bits per heavy atom. The molecule has 0 spiro atoms. The summed E-state index contributed by atoms with van der Waals surface area (Å²) < 4.78 is 2.16. The van der Waals surface area contributed by atoms with E-state index in [4.69, 9.17) is 10.7 Å². The Labute approximate surface area is 158 Å². The number of hydrogen-bond donors (Lipinski definition) is 2. The third kappa shape index (κ3) is 2.93. The van der Waals surface area contributed by atoms with Crippen molar-refractivity contribution in [2.75, 3.05) is 5.73 Å². The van der Waals surface area contributed by atoms with Gasteiger partial charge in [-0.2, -0.15) is 4.98 Å². The maximum atomic E-state index is 5.91. The van der Waals surface area contributed by atoms with E-state index in [0.29, 0.717) is 17.9 Å². The maximum absolute atomic E-state index is 5.91. The van der Waals surface area contributed by atoms with Gasteiger partial charge in [0.25, 0.3) is 0 Å². The van der Waals surface area contributed by atoms with Crippen LogP contribution < -0.4 is 5.73 Å². The van der Waals surface area contributed by atoms with Crippen molar-refractivity contribution in [3.8, 4) is 11.3 Å². The Hall–Kier alpha value is -2.96. The molecule has 7 nitrogen and oxygen atoms in total. The first-order chi connectivity index (χ1) is 12.8. The van der Waals surface area contributed by atoms with Crippen molar-refractivity contribution in [3.63, 3.8) is 0 Å². The van der Waals surface area contributed by atoms with E-state index in [1.54, 1.807) is 0 Å². The van der Waals surface area contributed by atoms with E-state index in [1.807, 2.05) is 25.3 Å². The third-order valence-corrected chi connectivity index (χ3v) is 4.73. The van der Waals surface area contributed by atoms with Crippen LogP contribution in [0, 0.1) is 12.8 Å². The fourth-order valence-corrected chi connectivity index (χ4v) is 3.72. The van der Waals surface area contributed by atoms with Gasteiger partial charge in [-0.05, 0) is 45.2 Å². The van der Waals surface area contributed by atoms with Gasteiger partial charge < -0.3 is 15.3 Å². The number of nitrogens with zero attached hydrogens (tertiary/aromatic N) is 5. The van der Waals surface area contributed by atoms with E-state index in [0.717, 1.165) is 51.4 Å². The molecule has 4 aromatic heterocycles. The van der Waals surface area contributed by atoms with Crippen molar-refractivity contribution in [1.82, 2.24) is 29.5 Å². The summed E-state index contributed by atoms with van der Waals surface area (Å²) in [5.41, 5.74) is 11.3. The molecule has 4 heterocycles. The number of aryl methyl sites for hydroxylation is 1. The van der Waals surface area contributed by atoms with Crippen LogP contribution >= 0.6 is 0 Å². The Bertz CT molecular complexity index is 1130. The van der Waals surface area contributed by atoms with Crippen LogP contribution in [0.25, 0.3) is 33.5 Å². The Balaban J connectivity index is 1.96. The fourth-order valence-electron chi connectivity index (χ4n) is 3.72. The third-order valence-electron chi connectivity index (χ3n) is 4.73. The van der Waals surface area contributed by atoms with Crippen LogP contribution in [0.4, 0.5) is 5.95 Å². The number of aromatic nitrogens is 6. The molecular formula is C20H25N7. The molecule has 0 saturated carbocycles. The zero-order valence-corrected chi connectivity index (χ0v) is 16.4. The average molecular weight is 363 g/mol. The van der Waals surface area contributed by atoms with Crippen LogP contribution in [-0.2, 0) is 6.42 Å². The number of imidazole rings is 1. The molecule has 0 radical (unpaired) electrons. The summed E-state index contributed by atoms with van der Waals surface area (Å²) in [5.74, 6) is 1.73. The summed E-state index contributed by atoms with van der Waals surface area (Å²) >= 11 is 0. The van der Waals surface area contributed by atoms with E-state index in [2.05, 4.69) is 52.2 Å². The minimum atomic E-state index is 0.292. The lowest BCUT2D eigenvalue weighted by molar-refractivity contribution is 0.595. The topological polar surface area (TPSA) is 98.3 Å². The molecule has 27 heavy (non-hydrogen) atoms. The lowest BCUT2D eigenvalue weighted by Crippen LogP contribution is -2.05. The highest BCUT2D eigenvalue weighted by Gasteiger charge is 2.18. The van der Waals surface area contributed by atoms with Crippen LogP contribution in [0.15, 0.2) is 18.3 Å². The van der Waals surface area contributed by atoms with E-state index in [9.17, 15) is 0 Å². The molecule has 0 amide bonds. The molecule has 0 aliphatic heterocycles. The van der Waals surface area contributed by atoms with Crippen LogP contribution in [0.1, 0.15) is 45.3 Å². The Kier molecular flexibility index (Phi) is 4.09. The van der Waals surface area contributed by atoms with Gasteiger partial charge in [0.05, 0.1) is 11.4 Å². The second-order valence-corrected chi connectivity index (χ2v) is 7.71. The molecule has 0 unspecified atom stereocenters. The number of nitrogen functional groups attached to an aromatic ring is 1. The standard InChI is InChI=1S/C20H25N7/c1-10(2)8-16-17-13(9-22-18(17)26-20(21)25-16)14-6-7-15-19(24-14)27(11(3)4)12(5)23-15/h6-7,9-11H,8H2,1-5H3,(H3,21,22,25,26). The monoisotopic (exact) mass is 363 g/mol. The van der Waals surface area contributed by atoms with E-state index >= 15 is 0 Å². The number of nitrogens with one attached hydrogen (secondary N) is 1. The predicted molar refractivity (Wildman–Crippen MR) is 108 cm³/mol. The van der Waals surface area contributed by atoms with Gasteiger partial charge in [-0.25, -0.2) is 15.0 Å². The summed E-state index contributed by atoms with van der Waals surface area (Å²) in [6.07, 6.45) is 2.78. The Morgan fingerprint density at radius 1 is 1.07 bits per heavy atom. The van der Waals surface area contributed by atoms with Crippen molar-refractivity contribution in [1.29, 1.82) is 0 Å². The average Bonchev–Trinajstić information content (AvgIpc) is 3.13. The summed E-state index contributed by atoms with van der Waals surface area (Å²) in [6.45, 7) is 10.6. The highest BCUT2D eigenvalue weighted by Crippen LogP contribution is 2.32. The minimum absolute atomic E-state index is 0.292. The summed E-state index contributed by atoms with van der Waals surface area (Å²) in [6, 6.07) is 4.33. The minimum Gasteiger partial charge on any atom is -0.368 e. The van der Waals surface area contributed by atoms with Gasteiger partial charge >= 0.3 is 0 Å². The molecule has 4 aromatic rings. The number of nitrogens with two attached hydrogens (primary N) is 1. The van der Waals surface area contributed by atoms with Crippen molar-refractivity contribution in [2.45, 2.75) is 47.1 Å². The van der Waals surface area contributed by atoms with Gasteiger partial charge in [0.1, 0.15) is 17.0 Å². The first-order valence-electron chi connectivity index (χ1n) is 9.34.